The second-order valence-corrected chi connectivity index (χ2v) is 5.71. The Morgan fingerprint density at radius 1 is 1.41 bits per heavy atom. The molecular formula is C12H12BrFN2S. The Morgan fingerprint density at radius 2 is 2.18 bits per heavy atom. The van der Waals surface area contributed by atoms with Crippen LogP contribution in [0.3, 0.4) is 0 Å². The average Bonchev–Trinajstić information content (AvgIpc) is 2.68. The highest BCUT2D eigenvalue weighted by Gasteiger charge is 2.05. The number of aryl methyl sites for hydroxylation is 2. The fraction of sp³-hybridized carbons (Fsp3) is 0.250. The van der Waals surface area contributed by atoms with Gasteiger partial charge < -0.3 is 5.32 Å². The van der Waals surface area contributed by atoms with Gasteiger partial charge in [0.15, 0.2) is 0 Å². The zero-order valence-corrected chi connectivity index (χ0v) is 12.0. The van der Waals surface area contributed by atoms with Gasteiger partial charge in [0.2, 0.25) is 0 Å². The highest BCUT2D eigenvalue weighted by atomic mass is 79.9. The second kappa shape index (κ2) is 5.14. The van der Waals surface area contributed by atoms with Crippen LogP contribution in [0.25, 0.3) is 0 Å². The lowest BCUT2D eigenvalue weighted by Crippen LogP contribution is -2.02. The van der Waals surface area contributed by atoms with E-state index in [0.717, 1.165) is 22.0 Å². The maximum atomic E-state index is 13.2. The van der Waals surface area contributed by atoms with Gasteiger partial charge in [-0.2, -0.15) is 0 Å². The minimum Gasteiger partial charge on any atom is -0.379 e. The van der Waals surface area contributed by atoms with Gasteiger partial charge in [0, 0.05) is 11.1 Å². The topological polar surface area (TPSA) is 24.9 Å². The van der Waals surface area contributed by atoms with Crippen molar-refractivity contribution >= 4 is 33.0 Å². The number of nitrogens with zero attached hydrogens (tertiary/aromatic N) is 1. The lowest BCUT2D eigenvalue weighted by molar-refractivity contribution is 0.620. The molecule has 2 nitrogen and oxygen atoms in total. The van der Waals surface area contributed by atoms with Crippen LogP contribution in [-0.2, 0) is 6.54 Å². The number of aromatic nitrogens is 1. The quantitative estimate of drug-likeness (QED) is 0.915. The van der Waals surface area contributed by atoms with Gasteiger partial charge >= 0.3 is 0 Å². The molecule has 5 heteroatoms. The largest absolute Gasteiger partial charge is 0.379 e. The summed E-state index contributed by atoms with van der Waals surface area (Å²) in [5.41, 5.74) is 2.81. The number of rotatable bonds is 3. The van der Waals surface area contributed by atoms with Crippen LogP contribution in [0.5, 0.6) is 0 Å². The molecule has 0 aliphatic carbocycles. The molecular weight excluding hydrogens is 303 g/mol. The Bertz CT molecular complexity index is 539. The van der Waals surface area contributed by atoms with E-state index in [1.54, 1.807) is 17.4 Å². The lowest BCUT2D eigenvalue weighted by Gasteiger charge is -2.09. The molecule has 0 spiro atoms. The number of hydrogen-bond donors (Lipinski definition) is 1. The van der Waals surface area contributed by atoms with Crippen molar-refractivity contribution in [1.82, 2.24) is 4.98 Å². The monoisotopic (exact) mass is 314 g/mol. The van der Waals surface area contributed by atoms with E-state index in [9.17, 15) is 4.39 Å². The normalized spacial score (nSPS) is 10.6. The number of halogens is 2. The molecule has 0 atom stereocenters. The third-order valence-corrected chi connectivity index (χ3v) is 3.82. The van der Waals surface area contributed by atoms with E-state index in [1.807, 2.05) is 19.2 Å². The molecule has 0 amide bonds. The SMILES string of the molecule is Cc1nc(CNc2cc(Br)c(F)cc2C)cs1. The second-order valence-electron chi connectivity index (χ2n) is 3.79. The molecule has 0 aliphatic rings. The molecule has 1 heterocycles. The molecule has 1 aromatic carbocycles. The van der Waals surface area contributed by atoms with Crippen LogP contribution in [0.15, 0.2) is 22.0 Å². The predicted molar refractivity (Wildman–Crippen MR) is 73.0 cm³/mol. The van der Waals surface area contributed by atoms with Gasteiger partial charge in [0.05, 0.1) is 21.7 Å². The third kappa shape index (κ3) is 3.04. The van der Waals surface area contributed by atoms with Crippen molar-refractivity contribution in [3.63, 3.8) is 0 Å². The Kier molecular flexibility index (Phi) is 3.79. The lowest BCUT2D eigenvalue weighted by atomic mass is 10.2. The third-order valence-electron chi connectivity index (χ3n) is 2.39. The number of hydrogen-bond acceptors (Lipinski definition) is 3. The minimum atomic E-state index is -0.238. The smallest absolute Gasteiger partial charge is 0.137 e. The summed E-state index contributed by atoms with van der Waals surface area (Å²) in [5.74, 6) is -0.238. The summed E-state index contributed by atoms with van der Waals surface area (Å²) >= 11 is 4.81. The summed E-state index contributed by atoms with van der Waals surface area (Å²) < 4.78 is 13.7. The average molecular weight is 315 g/mol. The Balaban J connectivity index is 2.11. The van der Waals surface area contributed by atoms with Crippen molar-refractivity contribution in [2.45, 2.75) is 20.4 Å². The zero-order chi connectivity index (χ0) is 12.4. The number of thiazole rings is 1. The van der Waals surface area contributed by atoms with E-state index in [-0.39, 0.29) is 5.82 Å². The summed E-state index contributed by atoms with van der Waals surface area (Å²) in [6.07, 6.45) is 0. The van der Waals surface area contributed by atoms with Gasteiger partial charge in [-0.15, -0.1) is 11.3 Å². The van der Waals surface area contributed by atoms with Crippen molar-refractivity contribution < 1.29 is 4.39 Å². The van der Waals surface area contributed by atoms with Crippen LogP contribution in [0.4, 0.5) is 10.1 Å². The van der Waals surface area contributed by atoms with Crippen LogP contribution < -0.4 is 5.32 Å². The highest BCUT2D eigenvalue weighted by molar-refractivity contribution is 9.10. The number of nitrogens with one attached hydrogen (secondary N) is 1. The number of benzene rings is 1. The molecule has 0 unspecified atom stereocenters. The standard InChI is InChI=1S/C12H12BrFN2S/c1-7-3-11(14)10(13)4-12(7)15-5-9-6-17-8(2)16-9/h3-4,6,15H,5H2,1-2H3. The van der Waals surface area contributed by atoms with Crippen LogP contribution in [0.2, 0.25) is 0 Å². The fourth-order valence-electron chi connectivity index (χ4n) is 1.51. The van der Waals surface area contributed by atoms with Crippen LogP contribution in [0, 0.1) is 19.7 Å². The van der Waals surface area contributed by atoms with E-state index in [2.05, 4.69) is 26.2 Å². The Hall–Kier alpha value is -0.940. The molecule has 90 valence electrons. The molecule has 0 bridgehead atoms. The van der Waals surface area contributed by atoms with Gasteiger partial charge in [-0.05, 0) is 47.5 Å². The molecule has 0 fully saturated rings. The van der Waals surface area contributed by atoms with E-state index < -0.39 is 0 Å². The fourth-order valence-corrected chi connectivity index (χ4v) is 2.47. The van der Waals surface area contributed by atoms with Crippen LogP contribution >= 0.6 is 27.3 Å². The summed E-state index contributed by atoms with van der Waals surface area (Å²) in [6.45, 7) is 4.52. The first-order valence-electron chi connectivity index (χ1n) is 5.17. The van der Waals surface area contributed by atoms with Crippen molar-refractivity contribution in [2.24, 2.45) is 0 Å². The molecule has 2 aromatic rings. The van der Waals surface area contributed by atoms with E-state index in [0.29, 0.717) is 11.0 Å². The van der Waals surface area contributed by atoms with Crippen molar-refractivity contribution in [1.29, 1.82) is 0 Å². The molecule has 17 heavy (non-hydrogen) atoms. The van der Waals surface area contributed by atoms with Gasteiger partial charge in [0.25, 0.3) is 0 Å². The molecule has 1 N–H and O–H groups in total. The molecule has 2 rings (SSSR count). The highest BCUT2D eigenvalue weighted by Crippen LogP contribution is 2.24. The van der Waals surface area contributed by atoms with Gasteiger partial charge in [-0.3, -0.25) is 0 Å². The van der Waals surface area contributed by atoms with Crippen molar-refractivity contribution in [3.05, 3.63) is 44.1 Å². The summed E-state index contributed by atoms with van der Waals surface area (Å²) in [5, 5.41) is 6.34. The molecule has 0 saturated heterocycles. The molecule has 0 radical (unpaired) electrons. The zero-order valence-electron chi connectivity index (χ0n) is 9.55. The summed E-state index contributed by atoms with van der Waals surface area (Å²) in [7, 11) is 0. The summed E-state index contributed by atoms with van der Waals surface area (Å²) in [6, 6.07) is 3.27. The van der Waals surface area contributed by atoms with E-state index in [4.69, 9.17) is 0 Å². The van der Waals surface area contributed by atoms with Gasteiger partial charge in [-0.1, -0.05) is 0 Å². The maximum absolute atomic E-state index is 13.2. The van der Waals surface area contributed by atoms with Crippen molar-refractivity contribution in [3.8, 4) is 0 Å². The van der Waals surface area contributed by atoms with Crippen molar-refractivity contribution in [2.75, 3.05) is 5.32 Å². The first-order valence-corrected chi connectivity index (χ1v) is 6.84. The van der Waals surface area contributed by atoms with Gasteiger partial charge in [-0.25, -0.2) is 9.37 Å². The maximum Gasteiger partial charge on any atom is 0.137 e. The first kappa shape index (κ1) is 12.5. The van der Waals surface area contributed by atoms with Crippen LogP contribution in [-0.4, -0.2) is 4.98 Å². The summed E-state index contributed by atoms with van der Waals surface area (Å²) in [4.78, 5) is 4.37. The molecule has 0 aliphatic heterocycles. The first-order chi connectivity index (χ1) is 8.06. The Labute approximate surface area is 112 Å². The predicted octanol–water partition coefficient (Wildman–Crippen LogP) is 4.27. The minimum absolute atomic E-state index is 0.238. The number of anilines is 1. The van der Waals surface area contributed by atoms with E-state index in [1.165, 1.54) is 6.07 Å². The van der Waals surface area contributed by atoms with E-state index >= 15 is 0 Å². The van der Waals surface area contributed by atoms with Gasteiger partial charge in [0.1, 0.15) is 5.82 Å². The Morgan fingerprint density at radius 3 is 2.82 bits per heavy atom. The molecule has 0 saturated carbocycles. The molecule has 1 aromatic heterocycles. The van der Waals surface area contributed by atoms with Crippen LogP contribution in [0.1, 0.15) is 16.3 Å².